The van der Waals surface area contributed by atoms with Gasteiger partial charge in [-0.15, -0.1) is 0 Å². The van der Waals surface area contributed by atoms with Crippen molar-refractivity contribution >= 4 is 11.7 Å². The summed E-state index contributed by atoms with van der Waals surface area (Å²) in [4.78, 5) is 12.0. The maximum atomic E-state index is 12.0. The van der Waals surface area contributed by atoms with Gasteiger partial charge >= 0.3 is 6.03 Å². The summed E-state index contributed by atoms with van der Waals surface area (Å²) in [5.74, 6) is 0.817. The minimum atomic E-state index is -0.222. The van der Waals surface area contributed by atoms with Crippen LogP contribution in [0, 0.1) is 0 Å². The molecule has 1 atom stereocenters. The maximum absolute atomic E-state index is 12.0. The highest BCUT2D eigenvalue weighted by Gasteiger charge is 2.09. The number of nitrogens with one attached hydrogen (secondary N) is 2. The Morgan fingerprint density at radius 3 is 2.70 bits per heavy atom. The normalized spacial score (nSPS) is 11.7. The smallest absolute Gasteiger partial charge is 0.319 e. The zero-order valence-corrected chi connectivity index (χ0v) is 13.7. The topological polar surface area (TPSA) is 63.5 Å². The number of hydrogen-bond acceptors (Lipinski definition) is 3. The summed E-state index contributed by atoms with van der Waals surface area (Å²) in [7, 11) is 0. The van der Waals surface area contributed by atoms with Gasteiger partial charge in [0.05, 0.1) is 19.1 Å². The van der Waals surface area contributed by atoms with Crippen LogP contribution in [0.1, 0.15) is 32.3 Å². The molecule has 0 saturated carbocycles. The van der Waals surface area contributed by atoms with E-state index in [1.165, 1.54) is 0 Å². The number of benzene rings is 1. The summed E-state index contributed by atoms with van der Waals surface area (Å²) >= 11 is 0. The molecule has 23 heavy (non-hydrogen) atoms. The third-order valence-corrected chi connectivity index (χ3v) is 3.38. The molecule has 124 valence electrons. The average molecular weight is 316 g/mol. The Labute approximate surface area is 137 Å². The van der Waals surface area contributed by atoms with E-state index in [1.807, 2.05) is 37.3 Å². The van der Waals surface area contributed by atoms with Crippen LogP contribution in [-0.4, -0.2) is 18.7 Å². The molecule has 5 nitrogen and oxygen atoms in total. The van der Waals surface area contributed by atoms with E-state index in [0.29, 0.717) is 0 Å². The lowest BCUT2D eigenvalue weighted by atomic mass is 10.1. The Morgan fingerprint density at radius 2 is 2.04 bits per heavy atom. The van der Waals surface area contributed by atoms with Crippen molar-refractivity contribution in [2.24, 2.45) is 0 Å². The molecule has 5 heteroatoms. The van der Waals surface area contributed by atoms with Crippen LogP contribution < -0.4 is 15.4 Å². The minimum absolute atomic E-state index is 0.0178. The quantitative estimate of drug-likeness (QED) is 0.717. The average Bonchev–Trinajstić information content (AvgIpc) is 3.02. The summed E-state index contributed by atoms with van der Waals surface area (Å²) in [5.41, 5.74) is 1.80. The molecule has 2 N–H and O–H groups in total. The lowest BCUT2D eigenvalue weighted by molar-refractivity contribution is 0.249. The van der Waals surface area contributed by atoms with Crippen molar-refractivity contribution in [1.29, 1.82) is 0 Å². The molecule has 0 aliphatic carbocycles. The Kier molecular flexibility index (Phi) is 6.54. The molecule has 1 unspecified atom stereocenters. The molecule has 1 heterocycles. The van der Waals surface area contributed by atoms with Crippen LogP contribution in [0.15, 0.2) is 47.3 Å². The van der Waals surface area contributed by atoms with Crippen molar-refractivity contribution in [3.05, 3.63) is 48.4 Å². The number of amides is 2. The van der Waals surface area contributed by atoms with Gasteiger partial charge in [-0.05, 0) is 55.7 Å². The minimum Gasteiger partial charge on any atom is -0.494 e. The molecular formula is C18H24N2O3. The molecule has 1 aromatic carbocycles. The number of anilines is 1. The number of urea groups is 1. The summed E-state index contributed by atoms with van der Waals surface area (Å²) in [6, 6.07) is 9.08. The van der Waals surface area contributed by atoms with Crippen LogP contribution in [0.25, 0.3) is 0 Å². The van der Waals surface area contributed by atoms with E-state index < -0.39 is 0 Å². The van der Waals surface area contributed by atoms with Gasteiger partial charge in [0.2, 0.25) is 0 Å². The van der Waals surface area contributed by atoms with Crippen LogP contribution in [-0.2, 0) is 6.42 Å². The predicted molar refractivity (Wildman–Crippen MR) is 90.9 cm³/mol. The van der Waals surface area contributed by atoms with Gasteiger partial charge in [-0.1, -0.05) is 13.3 Å². The summed E-state index contributed by atoms with van der Waals surface area (Å²) in [5, 5.41) is 5.72. The molecule has 2 aromatic rings. The molecular weight excluding hydrogens is 292 g/mol. The first-order chi connectivity index (χ1) is 11.2. The molecule has 2 amide bonds. The standard InChI is InChI=1S/C18H24N2O3/c1-3-4-10-23-17-7-5-16(6-8-17)20-18(21)19-14(2)12-15-9-11-22-13-15/h5-9,11,13-14H,3-4,10,12H2,1-2H3,(H2,19,20,21). The second-order valence-electron chi connectivity index (χ2n) is 5.56. The van der Waals surface area contributed by atoms with Crippen molar-refractivity contribution in [2.45, 2.75) is 39.2 Å². The van der Waals surface area contributed by atoms with Gasteiger partial charge in [0.25, 0.3) is 0 Å². The number of hydrogen-bond donors (Lipinski definition) is 2. The fourth-order valence-corrected chi connectivity index (χ4v) is 2.17. The van der Waals surface area contributed by atoms with Crippen molar-refractivity contribution < 1.29 is 13.9 Å². The van der Waals surface area contributed by atoms with Crippen molar-refractivity contribution in [3.8, 4) is 5.75 Å². The van der Waals surface area contributed by atoms with Crippen molar-refractivity contribution in [2.75, 3.05) is 11.9 Å². The third kappa shape index (κ3) is 6.06. The second kappa shape index (κ2) is 8.88. The Hall–Kier alpha value is -2.43. The van der Waals surface area contributed by atoms with Gasteiger partial charge in [-0.3, -0.25) is 0 Å². The molecule has 0 fully saturated rings. The Bertz CT molecular complexity index is 579. The molecule has 0 radical (unpaired) electrons. The number of rotatable bonds is 8. The van der Waals surface area contributed by atoms with E-state index in [-0.39, 0.29) is 12.1 Å². The van der Waals surface area contributed by atoms with Crippen LogP contribution >= 0.6 is 0 Å². The Morgan fingerprint density at radius 1 is 1.26 bits per heavy atom. The third-order valence-electron chi connectivity index (χ3n) is 3.38. The van der Waals surface area contributed by atoms with Crippen LogP contribution in [0.4, 0.5) is 10.5 Å². The number of furan rings is 1. The zero-order chi connectivity index (χ0) is 16.5. The largest absolute Gasteiger partial charge is 0.494 e. The van der Waals surface area contributed by atoms with E-state index in [1.54, 1.807) is 12.5 Å². The first kappa shape index (κ1) is 16.9. The van der Waals surface area contributed by atoms with Crippen molar-refractivity contribution in [1.82, 2.24) is 5.32 Å². The monoisotopic (exact) mass is 316 g/mol. The van der Waals surface area contributed by atoms with E-state index in [2.05, 4.69) is 17.6 Å². The van der Waals surface area contributed by atoms with Gasteiger partial charge in [-0.2, -0.15) is 0 Å². The first-order valence-electron chi connectivity index (χ1n) is 7.99. The number of unbranched alkanes of at least 4 members (excludes halogenated alkanes) is 1. The first-order valence-corrected chi connectivity index (χ1v) is 7.99. The number of carbonyl (C=O) groups excluding carboxylic acids is 1. The van der Waals surface area contributed by atoms with Crippen molar-refractivity contribution in [3.63, 3.8) is 0 Å². The summed E-state index contributed by atoms with van der Waals surface area (Å²) in [6.07, 6.45) is 6.20. The zero-order valence-electron chi connectivity index (χ0n) is 13.7. The Balaban J connectivity index is 1.76. The molecule has 2 rings (SSSR count). The van der Waals surface area contributed by atoms with Gasteiger partial charge < -0.3 is 19.8 Å². The van der Waals surface area contributed by atoms with Gasteiger partial charge in [0.15, 0.2) is 0 Å². The lowest BCUT2D eigenvalue weighted by Gasteiger charge is -2.14. The highest BCUT2D eigenvalue weighted by atomic mass is 16.5. The fraction of sp³-hybridized carbons (Fsp3) is 0.389. The molecule has 0 bridgehead atoms. The summed E-state index contributed by atoms with van der Waals surface area (Å²) in [6.45, 7) is 4.80. The number of carbonyl (C=O) groups is 1. The highest BCUT2D eigenvalue weighted by Crippen LogP contribution is 2.16. The second-order valence-corrected chi connectivity index (χ2v) is 5.56. The highest BCUT2D eigenvalue weighted by molar-refractivity contribution is 5.89. The fourth-order valence-electron chi connectivity index (χ4n) is 2.17. The molecule has 0 aliphatic rings. The van der Waals surface area contributed by atoms with Gasteiger partial charge in [0.1, 0.15) is 5.75 Å². The van der Waals surface area contributed by atoms with Crippen LogP contribution in [0.5, 0.6) is 5.75 Å². The SMILES string of the molecule is CCCCOc1ccc(NC(=O)NC(C)Cc2ccoc2)cc1. The van der Waals surface area contributed by atoms with E-state index >= 15 is 0 Å². The molecule has 0 saturated heterocycles. The van der Waals surface area contributed by atoms with Crippen LogP contribution in [0.3, 0.4) is 0 Å². The molecule has 0 spiro atoms. The molecule has 1 aromatic heterocycles. The lowest BCUT2D eigenvalue weighted by Crippen LogP contribution is -2.37. The van der Waals surface area contributed by atoms with Gasteiger partial charge in [0, 0.05) is 11.7 Å². The molecule has 0 aliphatic heterocycles. The van der Waals surface area contributed by atoms with E-state index in [9.17, 15) is 4.79 Å². The maximum Gasteiger partial charge on any atom is 0.319 e. The van der Waals surface area contributed by atoms with Gasteiger partial charge in [-0.25, -0.2) is 4.79 Å². The van der Waals surface area contributed by atoms with Crippen LogP contribution in [0.2, 0.25) is 0 Å². The van der Waals surface area contributed by atoms with E-state index in [4.69, 9.17) is 9.15 Å². The van der Waals surface area contributed by atoms with E-state index in [0.717, 1.165) is 42.9 Å². The summed E-state index contributed by atoms with van der Waals surface area (Å²) < 4.78 is 10.6. The number of ether oxygens (including phenoxy) is 1. The predicted octanol–water partition coefficient (Wildman–Crippen LogP) is 4.21.